The predicted octanol–water partition coefficient (Wildman–Crippen LogP) is 3.05. The van der Waals surface area contributed by atoms with Crippen LogP contribution in [0.15, 0.2) is 36.4 Å². The molecular formula is C16H17N3O2. The lowest BCUT2D eigenvalue weighted by molar-refractivity contribution is -0.385. The van der Waals surface area contributed by atoms with Crippen molar-refractivity contribution in [2.75, 3.05) is 17.2 Å². The molecule has 0 aliphatic carbocycles. The fraction of sp³-hybridized carbons (Fsp3) is 0.250. The largest absolute Gasteiger partial charge is 0.398 e. The van der Waals surface area contributed by atoms with Crippen LogP contribution in [0.4, 0.5) is 17.1 Å². The van der Waals surface area contributed by atoms with Gasteiger partial charge in [0, 0.05) is 36.1 Å². The van der Waals surface area contributed by atoms with Gasteiger partial charge < -0.3 is 10.6 Å². The van der Waals surface area contributed by atoms with E-state index in [2.05, 4.69) is 11.0 Å². The molecule has 0 fully saturated rings. The summed E-state index contributed by atoms with van der Waals surface area (Å²) in [6.07, 6.45) is 0.901. The number of nitrogens with two attached hydrogens (primary N) is 1. The van der Waals surface area contributed by atoms with Crippen LogP contribution >= 0.6 is 0 Å². The standard InChI is InChI=1S/C16H17N3O2/c1-11-9-13(5-6-16(11)19(20)21)18-8-7-14-12(10-18)3-2-4-15(14)17/h2-6,9H,7-8,10,17H2,1H3. The Morgan fingerprint density at radius 3 is 2.81 bits per heavy atom. The van der Waals surface area contributed by atoms with Crippen LogP contribution in [0.25, 0.3) is 0 Å². The number of nitrogens with zero attached hydrogens (tertiary/aromatic N) is 2. The summed E-state index contributed by atoms with van der Waals surface area (Å²) in [5, 5.41) is 10.9. The minimum absolute atomic E-state index is 0.167. The molecule has 2 N–H and O–H groups in total. The Balaban J connectivity index is 1.90. The zero-order valence-corrected chi connectivity index (χ0v) is 11.9. The molecule has 2 aromatic rings. The minimum atomic E-state index is -0.342. The Bertz CT molecular complexity index is 713. The molecular weight excluding hydrogens is 266 g/mol. The molecule has 0 bridgehead atoms. The third kappa shape index (κ3) is 2.42. The lowest BCUT2D eigenvalue weighted by Gasteiger charge is -2.31. The lowest BCUT2D eigenvalue weighted by Crippen LogP contribution is -2.30. The van der Waals surface area contributed by atoms with E-state index in [-0.39, 0.29) is 10.6 Å². The highest BCUT2D eigenvalue weighted by Gasteiger charge is 2.19. The number of rotatable bonds is 2. The summed E-state index contributed by atoms with van der Waals surface area (Å²) in [4.78, 5) is 12.8. The molecule has 1 heterocycles. The van der Waals surface area contributed by atoms with Gasteiger partial charge in [0.1, 0.15) is 0 Å². The van der Waals surface area contributed by atoms with Crippen LogP contribution in [0.2, 0.25) is 0 Å². The van der Waals surface area contributed by atoms with Crippen molar-refractivity contribution in [1.82, 2.24) is 0 Å². The molecule has 0 saturated carbocycles. The van der Waals surface area contributed by atoms with Crippen LogP contribution in [-0.4, -0.2) is 11.5 Å². The zero-order chi connectivity index (χ0) is 15.0. The van der Waals surface area contributed by atoms with E-state index in [0.717, 1.165) is 30.9 Å². The summed E-state index contributed by atoms with van der Waals surface area (Å²) < 4.78 is 0. The maximum atomic E-state index is 10.9. The van der Waals surface area contributed by atoms with Gasteiger partial charge in [0.15, 0.2) is 0 Å². The molecule has 2 aromatic carbocycles. The first kappa shape index (κ1) is 13.4. The van der Waals surface area contributed by atoms with E-state index in [1.54, 1.807) is 13.0 Å². The molecule has 1 aliphatic heterocycles. The van der Waals surface area contributed by atoms with Crippen molar-refractivity contribution in [3.05, 3.63) is 63.2 Å². The highest BCUT2D eigenvalue weighted by atomic mass is 16.6. The van der Waals surface area contributed by atoms with Gasteiger partial charge in [-0.1, -0.05) is 12.1 Å². The van der Waals surface area contributed by atoms with Crippen LogP contribution < -0.4 is 10.6 Å². The van der Waals surface area contributed by atoms with E-state index >= 15 is 0 Å². The van der Waals surface area contributed by atoms with Crippen LogP contribution in [0, 0.1) is 17.0 Å². The molecule has 0 aromatic heterocycles. The number of aryl methyl sites for hydroxylation is 1. The van der Waals surface area contributed by atoms with E-state index in [1.807, 2.05) is 24.3 Å². The molecule has 0 radical (unpaired) electrons. The van der Waals surface area contributed by atoms with Gasteiger partial charge in [-0.05, 0) is 42.7 Å². The molecule has 0 amide bonds. The Morgan fingerprint density at radius 1 is 1.29 bits per heavy atom. The summed E-state index contributed by atoms with van der Waals surface area (Å²) in [5.74, 6) is 0. The van der Waals surface area contributed by atoms with Crippen molar-refractivity contribution in [2.24, 2.45) is 0 Å². The van der Waals surface area contributed by atoms with Crippen molar-refractivity contribution in [1.29, 1.82) is 0 Å². The van der Waals surface area contributed by atoms with Gasteiger partial charge in [-0.2, -0.15) is 0 Å². The van der Waals surface area contributed by atoms with Crippen molar-refractivity contribution >= 4 is 17.1 Å². The SMILES string of the molecule is Cc1cc(N2CCc3c(N)cccc3C2)ccc1[N+](=O)[O-]. The number of nitro groups is 1. The normalized spacial score (nSPS) is 13.9. The first-order valence-electron chi connectivity index (χ1n) is 6.92. The molecule has 0 spiro atoms. The number of fused-ring (bicyclic) bond motifs is 1. The van der Waals surface area contributed by atoms with Crippen LogP contribution in [-0.2, 0) is 13.0 Å². The van der Waals surface area contributed by atoms with Gasteiger partial charge in [-0.3, -0.25) is 10.1 Å². The van der Waals surface area contributed by atoms with Gasteiger partial charge in [-0.25, -0.2) is 0 Å². The average Bonchev–Trinajstić information content (AvgIpc) is 2.46. The van der Waals surface area contributed by atoms with Gasteiger partial charge >= 0.3 is 0 Å². The molecule has 3 rings (SSSR count). The fourth-order valence-corrected chi connectivity index (χ4v) is 2.90. The molecule has 5 heteroatoms. The number of hydrogen-bond acceptors (Lipinski definition) is 4. The molecule has 0 unspecified atom stereocenters. The van der Waals surface area contributed by atoms with Crippen LogP contribution in [0.1, 0.15) is 16.7 Å². The summed E-state index contributed by atoms with van der Waals surface area (Å²) in [6.45, 7) is 3.44. The number of anilines is 2. The Morgan fingerprint density at radius 2 is 2.10 bits per heavy atom. The summed E-state index contributed by atoms with van der Waals surface area (Å²) >= 11 is 0. The quantitative estimate of drug-likeness (QED) is 0.522. The van der Waals surface area contributed by atoms with E-state index in [1.165, 1.54) is 11.1 Å². The Kier molecular flexibility index (Phi) is 3.25. The second-order valence-electron chi connectivity index (χ2n) is 5.38. The number of nitrogen functional groups attached to an aromatic ring is 1. The maximum absolute atomic E-state index is 10.9. The number of benzene rings is 2. The van der Waals surface area contributed by atoms with Gasteiger partial charge in [0.2, 0.25) is 0 Å². The van der Waals surface area contributed by atoms with Crippen molar-refractivity contribution in [2.45, 2.75) is 19.9 Å². The second-order valence-corrected chi connectivity index (χ2v) is 5.38. The van der Waals surface area contributed by atoms with E-state index in [4.69, 9.17) is 5.73 Å². The first-order valence-corrected chi connectivity index (χ1v) is 6.92. The molecule has 21 heavy (non-hydrogen) atoms. The summed E-state index contributed by atoms with van der Waals surface area (Å²) in [5.41, 5.74) is 11.2. The van der Waals surface area contributed by atoms with Crippen LogP contribution in [0.3, 0.4) is 0 Å². The lowest BCUT2D eigenvalue weighted by atomic mass is 9.97. The van der Waals surface area contributed by atoms with E-state index < -0.39 is 0 Å². The first-order chi connectivity index (χ1) is 10.1. The highest BCUT2D eigenvalue weighted by Crippen LogP contribution is 2.30. The third-order valence-corrected chi connectivity index (χ3v) is 4.04. The van der Waals surface area contributed by atoms with E-state index in [9.17, 15) is 10.1 Å². The topological polar surface area (TPSA) is 72.4 Å². The zero-order valence-electron chi connectivity index (χ0n) is 11.9. The molecule has 0 saturated heterocycles. The summed E-state index contributed by atoms with van der Waals surface area (Å²) in [7, 11) is 0. The van der Waals surface area contributed by atoms with Crippen molar-refractivity contribution in [3.63, 3.8) is 0 Å². The van der Waals surface area contributed by atoms with Gasteiger partial charge in [0.25, 0.3) is 5.69 Å². The number of nitro benzene ring substituents is 1. The molecule has 1 aliphatic rings. The molecule has 0 atom stereocenters. The fourth-order valence-electron chi connectivity index (χ4n) is 2.90. The molecule has 5 nitrogen and oxygen atoms in total. The average molecular weight is 283 g/mol. The van der Waals surface area contributed by atoms with E-state index in [0.29, 0.717) is 5.56 Å². The Hall–Kier alpha value is -2.56. The van der Waals surface area contributed by atoms with Crippen molar-refractivity contribution < 1.29 is 4.92 Å². The van der Waals surface area contributed by atoms with Gasteiger partial charge in [0.05, 0.1) is 4.92 Å². The Labute approximate surface area is 123 Å². The maximum Gasteiger partial charge on any atom is 0.272 e. The predicted molar refractivity (Wildman–Crippen MR) is 83.4 cm³/mol. The number of hydrogen-bond donors (Lipinski definition) is 1. The van der Waals surface area contributed by atoms with Crippen molar-refractivity contribution in [3.8, 4) is 0 Å². The second kappa shape index (κ2) is 5.09. The van der Waals surface area contributed by atoms with Gasteiger partial charge in [-0.15, -0.1) is 0 Å². The monoisotopic (exact) mass is 283 g/mol. The van der Waals surface area contributed by atoms with Crippen LogP contribution in [0.5, 0.6) is 0 Å². The highest BCUT2D eigenvalue weighted by molar-refractivity contribution is 5.59. The minimum Gasteiger partial charge on any atom is -0.398 e. The third-order valence-electron chi connectivity index (χ3n) is 4.04. The summed E-state index contributed by atoms with van der Waals surface area (Å²) in [6, 6.07) is 11.3. The smallest absolute Gasteiger partial charge is 0.272 e. The molecule has 108 valence electrons.